The molecule has 0 aromatic carbocycles. The number of pyridine rings is 1. The Hall–Kier alpha value is -4.17. The maximum Gasteiger partial charge on any atom is 0.471 e. The van der Waals surface area contributed by atoms with Gasteiger partial charge in [0.15, 0.2) is 0 Å². The van der Waals surface area contributed by atoms with E-state index in [-0.39, 0.29) is 5.41 Å². The number of halogens is 3. The normalized spacial score (nSPS) is 20.6. The molecule has 0 spiro atoms. The molecule has 2 N–H and O–H groups in total. The fourth-order valence-corrected chi connectivity index (χ4v) is 5.12. The largest absolute Gasteiger partial charge is 0.471 e. The molecule has 0 bridgehead atoms. The van der Waals surface area contributed by atoms with Crippen LogP contribution in [0.5, 0.6) is 0 Å². The number of amides is 3. The quantitative estimate of drug-likeness (QED) is 0.389. The van der Waals surface area contributed by atoms with Gasteiger partial charge in [-0.05, 0) is 42.4 Å². The molecule has 3 amide bonds. The first kappa shape index (κ1) is 32.3. The average molecular weight is 590 g/mol. The first-order valence-electron chi connectivity index (χ1n) is 13.3. The number of aromatic nitrogens is 3. The van der Waals surface area contributed by atoms with Gasteiger partial charge in [-0.1, -0.05) is 13.8 Å². The molecule has 2 aromatic rings. The Bertz CT molecular complexity index is 1370. The van der Waals surface area contributed by atoms with Crippen LogP contribution in [-0.2, 0) is 26.2 Å². The molecular weight excluding hydrogens is 555 g/mol. The van der Waals surface area contributed by atoms with E-state index >= 15 is 0 Å². The van der Waals surface area contributed by atoms with Gasteiger partial charge < -0.3 is 20.3 Å². The van der Waals surface area contributed by atoms with Crippen LogP contribution in [0.25, 0.3) is 10.9 Å². The Labute approximate surface area is 241 Å². The summed E-state index contributed by atoms with van der Waals surface area (Å²) in [6.45, 7) is 4.82. The molecule has 14 heteroatoms. The van der Waals surface area contributed by atoms with Gasteiger partial charge in [-0.2, -0.15) is 23.5 Å². The SMILES string of the molecule is C#Cc1nn(C)c2cncc(C(C#N)NC=O)c12.CC1(C)C2CN(C(=O)CNC(=O)C(F)(F)F)CC21.COC1CCC1. The Kier molecular flexibility index (Phi) is 10.2. The van der Waals surface area contributed by atoms with Crippen LogP contribution in [0.3, 0.4) is 0 Å². The van der Waals surface area contributed by atoms with Crippen LogP contribution in [0.2, 0.25) is 0 Å². The molecule has 2 aliphatic carbocycles. The highest BCUT2D eigenvalue weighted by Gasteiger charge is 2.62. The predicted molar refractivity (Wildman–Crippen MR) is 145 cm³/mol. The maximum atomic E-state index is 11.9. The molecule has 5 rings (SSSR count). The molecule has 11 nitrogen and oxygen atoms in total. The lowest BCUT2D eigenvalue weighted by molar-refractivity contribution is -0.174. The number of carbonyl (C=O) groups is 3. The van der Waals surface area contributed by atoms with Gasteiger partial charge in [0.25, 0.3) is 0 Å². The summed E-state index contributed by atoms with van der Waals surface area (Å²) < 4.78 is 42.3. The van der Waals surface area contributed by atoms with Crippen molar-refractivity contribution in [2.45, 2.75) is 51.4 Å². The van der Waals surface area contributed by atoms with E-state index in [1.54, 1.807) is 30.4 Å². The minimum absolute atomic E-state index is 0.242. The highest BCUT2D eigenvalue weighted by molar-refractivity contribution is 5.88. The number of piperidine rings is 1. The Balaban J connectivity index is 0.000000192. The summed E-state index contributed by atoms with van der Waals surface area (Å²) in [5.41, 5.74) is 1.93. The number of methoxy groups -OCH3 is 1. The summed E-state index contributed by atoms with van der Waals surface area (Å²) in [5.74, 6) is 0.838. The van der Waals surface area contributed by atoms with Gasteiger partial charge in [0.05, 0.1) is 30.4 Å². The van der Waals surface area contributed by atoms with Crippen LogP contribution in [0.4, 0.5) is 13.2 Å². The number of nitrogens with one attached hydrogen (secondary N) is 2. The molecule has 3 atom stereocenters. The molecule has 0 radical (unpaired) electrons. The monoisotopic (exact) mass is 589 g/mol. The first-order valence-corrected chi connectivity index (χ1v) is 13.3. The van der Waals surface area contributed by atoms with Gasteiger partial charge in [-0.25, -0.2) is 0 Å². The highest BCUT2D eigenvalue weighted by atomic mass is 19.4. The molecule has 42 heavy (non-hydrogen) atoms. The van der Waals surface area contributed by atoms with Crippen LogP contribution in [0.1, 0.15) is 50.4 Å². The molecule has 226 valence electrons. The summed E-state index contributed by atoms with van der Waals surface area (Å²) in [5, 5.41) is 17.9. The van der Waals surface area contributed by atoms with Crippen LogP contribution in [0.15, 0.2) is 12.4 Å². The van der Waals surface area contributed by atoms with Gasteiger partial charge in [0, 0.05) is 44.4 Å². The number of nitriles is 1. The second kappa shape index (κ2) is 13.2. The number of hydrogen-bond donors (Lipinski definition) is 2. The number of carbonyl (C=O) groups excluding carboxylic acids is 3. The summed E-state index contributed by atoms with van der Waals surface area (Å²) in [6, 6.07) is 1.19. The van der Waals surface area contributed by atoms with E-state index in [2.05, 4.69) is 35.2 Å². The van der Waals surface area contributed by atoms with Crippen molar-refractivity contribution in [1.29, 1.82) is 5.26 Å². The van der Waals surface area contributed by atoms with Crippen molar-refractivity contribution in [3.8, 4) is 18.4 Å². The van der Waals surface area contributed by atoms with Crippen molar-refractivity contribution in [1.82, 2.24) is 30.3 Å². The fraction of sp³-hybridized carbons (Fsp3) is 0.571. The lowest BCUT2D eigenvalue weighted by Gasteiger charge is -2.22. The Morgan fingerprint density at radius 1 is 1.29 bits per heavy atom. The van der Waals surface area contributed by atoms with E-state index in [4.69, 9.17) is 16.4 Å². The third-order valence-corrected chi connectivity index (χ3v) is 8.12. The highest BCUT2D eigenvalue weighted by Crippen LogP contribution is 2.61. The summed E-state index contributed by atoms with van der Waals surface area (Å²) in [7, 11) is 3.52. The number of terminal acetylenes is 1. The minimum atomic E-state index is -4.94. The van der Waals surface area contributed by atoms with E-state index in [0.717, 1.165) is 0 Å². The number of ether oxygens (including phenoxy) is 1. The van der Waals surface area contributed by atoms with Gasteiger partial charge >= 0.3 is 12.1 Å². The van der Waals surface area contributed by atoms with Crippen molar-refractivity contribution in [2.75, 3.05) is 26.7 Å². The molecular formula is C28H34F3N7O4. The van der Waals surface area contributed by atoms with Crippen molar-refractivity contribution < 1.29 is 32.3 Å². The summed E-state index contributed by atoms with van der Waals surface area (Å²) in [4.78, 5) is 38.2. The smallest absolute Gasteiger partial charge is 0.381 e. The standard InChI is InChI=1S/C12H9N5O.C11H15F3N2O2.C5H10O/c1-3-9-12-8(10(4-13)15-7-18)5-14-6-11(12)17(2)16-9;1-10(2)6-4-16(5-7(6)10)8(17)3-15-9(18)11(12,13)14;1-6-5-3-2-4-5/h1,5-7,10H,2H3,(H,15,18);6-7H,3-5H2,1-2H3,(H,15,18);5H,2-4H2,1H3. The van der Waals surface area contributed by atoms with Crippen LogP contribution in [0, 0.1) is 40.9 Å². The number of likely N-dealkylation sites (tertiary alicyclic amines) is 1. The van der Waals surface area contributed by atoms with Crippen molar-refractivity contribution in [2.24, 2.45) is 24.3 Å². The van der Waals surface area contributed by atoms with Gasteiger partial charge in [-0.15, -0.1) is 6.42 Å². The van der Waals surface area contributed by atoms with E-state index < -0.39 is 30.6 Å². The molecule has 3 unspecified atom stereocenters. The number of rotatable bonds is 6. The number of aryl methyl sites for hydroxylation is 1. The lowest BCUT2D eigenvalue weighted by atomic mass is 9.96. The molecule has 3 heterocycles. The van der Waals surface area contributed by atoms with Crippen molar-refractivity contribution >= 4 is 29.1 Å². The van der Waals surface area contributed by atoms with Crippen molar-refractivity contribution in [3.63, 3.8) is 0 Å². The molecule has 3 aliphatic rings. The lowest BCUT2D eigenvalue weighted by Crippen LogP contribution is -2.44. The average Bonchev–Trinajstić information content (AvgIpc) is 3.28. The van der Waals surface area contributed by atoms with E-state index in [9.17, 15) is 27.6 Å². The molecule has 1 saturated heterocycles. The molecule has 3 fully saturated rings. The number of alkyl halides is 3. The zero-order chi connectivity index (χ0) is 31.2. The summed E-state index contributed by atoms with van der Waals surface area (Å²) in [6.07, 6.45) is 8.62. The molecule has 2 aromatic heterocycles. The van der Waals surface area contributed by atoms with Crippen LogP contribution >= 0.6 is 0 Å². The van der Waals surface area contributed by atoms with Crippen molar-refractivity contribution in [3.05, 3.63) is 23.7 Å². The number of fused-ring (bicyclic) bond motifs is 2. The zero-order valence-electron chi connectivity index (χ0n) is 23.9. The Morgan fingerprint density at radius 2 is 1.93 bits per heavy atom. The van der Waals surface area contributed by atoms with E-state index in [1.807, 2.05) is 6.07 Å². The summed E-state index contributed by atoms with van der Waals surface area (Å²) >= 11 is 0. The third-order valence-electron chi connectivity index (χ3n) is 8.12. The topological polar surface area (TPSA) is 142 Å². The number of hydrogen-bond acceptors (Lipinski definition) is 7. The van der Waals surface area contributed by atoms with E-state index in [0.29, 0.717) is 59.6 Å². The second-order valence-electron chi connectivity index (χ2n) is 10.9. The first-order chi connectivity index (χ1) is 19.8. The molecule has 1 aliphatic heterocycles. The predicted octanol–water partition coefficient (Wildman–Crippen LogP) is 2.22. The number of nitrogens with zero attached hydrogens (tertiary/aromatic N) is 5. The molecule has 2 saturated carbocycles. The minimum Gasteiger partial charge on any atom is -0.381 e. The van der Waals surface area contributed by atoms with Gasteiger partial charge in [0.1, 0.15) is 11.7 Å². The maximum absolute atomic E-state index is 11.9. The third kappa shape index (κ3) is 7.18. The van der Waals surface area contributed by atoms with Gasteiger partial charge in [-0.3, -0.25) is 24.0 Å². The van der Waals surface area contributed by atoms with Gasteiger partial charge in [0.2, 0.25) is 12.3 Å². The second-order valence-corrected chi connectivity index (χ2v) is 10.9. The zero-order valence-corrected chi connectivity index (χ0v) is 23.9. The van der Waals surface area contributed by atoms with Crippen LogP contribution in [-0.4, -0.2) is 76.9 Å². The Morgan fingerprint density at radius 3 is 2.38 bits per heavy atom. The van der Waals surface area contributed by atoms with E-state index in [1.165, 1.54) is 30.4 Å². The fourth-order valence-electron chi connectivity index (χ4n) is 5.12. The van der Waals surface area contributed by atoms with Crippen LogP contribution < -0.4 is 10.6 Å².